The quantitative estimate of drug-likeness (QED) is 0.518. The van der Waals surface area contributed by atoms with Gasteiger partial charge in [-0.05, 0) is 36.6 Å². The Morgan fingerprint density at radius 3 is 2.75 bits per heavy atom. The Labute approximate surface area is 186 Å². The van der Waals surface area contributed by atoms with Crippen molar-refractivity contribution in [2.24, 2.45) is 0 Å². The molecule has 2 atom stereocenters. The topological polar surface area (TPSA) is 66.7 Å². The Morgan fingerprint density at radius 2 is 1.97 bits per heavy atom. The molecule has 2 aliphatic heterocycles. The Balaban J connectivity index is 1.80. The summed E-state index contributed by atoms with van der Waals surface area (Å²) in [5.41, 5.74) is 1.68. The van der Waals surface area contributed by atoms with E-state index in [-0.39, 0.29) is 18.9 Å². The third kappa shape index (κ3) is 4.26. The molecule has 6 nitrogen and oxygen atoms in total. The van der Waals surface area contributed by atoms with E-state index < -0.39 is 33.9 Å². The molecule has 4 rings (SSSR count). The molecule has 0 aliphatic carbocycles. The summed E-state index contributed by atoms with van der Waals surface area (Å²) in [6.45, 7) is 4.16. The van der Waals surface area contributed by atoms with Gasteiger partial charge in [-0.1, -0.05) is 24.3 Å². The minimum Gasteiger partial charge on any atom is -0.492 e. The Bertz CT molecular complexity index is 1150. The maximum Gasteiger partial charge on any atom is 0.393 e. The third-order valence-electron chi connectivity index (χ3n) is 6.16. The summed E-state index contributed by atoms with van der Waals surface area (Å²) in [4.78, 5) is 14.7. The number of fused-ring (bicyclic) bond motifs is 5. The van der Waals surface area contributed by atoms with Crippen LogP contribution in [0.25, 0.3) is 11.1 Å². The van der Waals surface area contributed by atoms with E-state index in [1.165, 1.54) is 6.07 Å². The van der Waals surface area contributed by atoms with Crippen molar-refractivity contribution >= 4 is 22.6 Å². The highest BCUT2D eigenvalue weighted by Gasteiger charge is 2.44. The molecule has 2 aliphatic rings. The fourth-order valence-electron chi connectivity index (χ4n) is 4.55. The van der Waals surface area contributed by atoms with Gasteiger partial charge in [-0.2, -0.15) is 8.42 Å². The number of carbonyl (C=O) groups is 1. The van der Waals surface area contributed by atoms with Gasteiger partial charge in [0.15, 0.2) is 6.04 Å². The number of halogens is 2. The highest BCUT2D eigenvalue weighted by atomic mass is 32.2. The highest BCUT2D eigenvalue weighted by Crippen LogP contribution is 2.34. The van der Waals surface area contributed by atoms with Crippen LogP contribution >= 0.6 is 0 Å². The smallest absolute Gasteiger partial charge is 0.393 e. The number of ether oxygens (including phenoxy) is 1. The number of hydrogen-bond donors (Lipinski definition) is 0. The zero-order valence-electron chi connectivity index (χ0n) is 17.5. The Hall–Kier alpha value is -2.81. The minimum atomic E-state index is -4.20. The lowest BCUT2D eigenvalue weighted by atomic mass is 9.89. The van der Waals surface area contributed by atoms with Crippen molar-refractivity contribution in [3.05, 3.63) is 53.8 Å². The maximum absolute atomic E-state index is 14.8. The summed E-state index contributed by atoms with van der Waals surface area (Å²) in [6, 6.07) is 8.95. The molecule has 170 valence electrons. The molecule has 0 unspecified atom stereocenters. The number of piperidine rings is 1. The standard InChI is InChI=1S/C23H25F2N2O4S/c1-26(32(29,30)15-24)20-6-4-11-27-21(20)14-16-8-9-19(25)18(13-16)17-5-2-3-7-22(17)31-12-10-23(27)28/h2-3,5,7-9,13,20-21H,1,4,6,10-12,14-15H2/q+1/t20-,21-/m0/s1. The van der Waals surface area contributed by atoms with E-state index in [0.717, 1.165) is 9.54 Å². The molecule has 1 amide bonds. The summed E-state index contributed by atoms with van der Waals surface area (Å²) in [6.07, 6.45) is 1.39. The second kappa shape index (κ2) is 8.97. The van der Waals surface area contributed by atoms with Crippen LogP contribution in [0.5, 0.6) is 5.75 Å². The third-order valence-corrected chi connectivity index (χ3v) is 7.42. The van der Waals surface area contributed by atoms with Crippen molar-refractivity contribution in [1.82, 2.24) is 4.90 Å². The van der Waals surface area contributed by atoms with E-state index in [2.05, 4.69) is 6.72 Å². The van der Waals surface area contributed by atoms with Gasteiger partial charge in [0, 0.05) is 24.1 Å². The largest absolute Gasteiger partial charge is 0.492 e. The first kappa shape index (κ1) is 22.4. The zero-order valence-corrected chi connectivity index (χ0v) is 18.4. The number of para-hydroxylation sites is 1. The van der Waals surface area contributed by atoms with Crippen LogP contribution in [0.3, 0.4) is 0 Å². The number of alkyl halides is 1. The van der Waals surface area contributed by atoms with Gasteiger partial charge in [0.1, 0.15) is 18.3 Å². The molecule has 0 spiro atoms. The van der Waals surface area contributed by atoms with Crippen LogP contribution in [-0.2, 0) is 21.2 Å². The first-order chi connectivity index (χ1) is 15.3. The average molecular weight is 464 g/mol. The molecule has 32 heavy (non-hydrogen) atoms. The van der Waals surface area contributed by atoms with E-state index in [0.29, 0.717) is 42.7 Å². The Morgan fingerprint density at radius 1 is 1.19 bits per heavy atom. The number of sulfonamides is 1. The first-order valence-corrected chi connectivity index (χ1v) is 12.1. The van der Waals surface area contributed by atoms with E-state index in [1.54, 1.807) is 41.3 Å². The molecule has 0 radical (unpaired) electrons. The lowest BCUT2D eigenvalue weighted by Gasteiger charge is -2.39. The van der Waals surface area contributed by atoms with Crippen LogP contribution in [0.1, 0.15) is 24.8 Å². The van der Waals surface area contributed by atoms with Crippen molar-refractivity contribution < 1.29 is 30.7 Å². The van der Waals surface area contributed by atoms with Gasteiger partial charge in [0.2, 0.25) is 11.9 Å². The number of rotatable bonds is 3. The molecule has 9 heteroatoms. The first-order valence-electron chi connectivity index (χ1n) is 10.5. The lowest BCUT2D eigenvalue weighted by Crippen LogP contribution is -2.56. The number of amides is 1. The van der Waals surface area contributed by atoms with Crippen LogP contribution in [0.2, 0.25) is 0 Å². The average Bonchev–Trinajstić information content (AvgIpc) is 2.79. The molecule has 0 saturated carbocycles. The van der Waals surface area contributed by atoms with E-state index >= 15 is 0 Å². The number of nitrogens with zero attached hydrogens (tertiary/aromatic N) is 2. The fourth-order valence-corrected chi connectivity index (χ4v) is 5.34. The van der Waals surface area contributed by atoms with Gasteiger partial charge >= 0.3 is 10.0 Å². The number of benzene rings is 2. The van der Waals surface area contributed by atoms with Gasteiger partial charge in [-0.3, -0.25) is 4.79 Å². The highest BCUT2D eigenvalue weighted by molar-refractivity contribution is 7.85. The lowest BCUT2D eigenvalue weighted by molar-refractivity contribution is -0.423. The summed E-state index contributed by atoms with van der Waals surface area (Å²) in [5, 5.41) is 0. The molecule has 0 N–H and O–H groups in total. The predicted molar refractivity (Wildman–Crippen MR) is 116 cm³/mol. The molecular weight excluding hydrogens is 438 g/mol. The van der Waals surface area contributed by atoms with Crippen molar-refractivity contribution in [2.45, 2.75) is 37.8 Å². The van der Waals surface area contributed by atoms with Crippen LogP contribution in [-0.4, -0.2) is 61.2 Å². The molecule has 2 aromatic rings. The second-order valence-electron chi connectivity index (χ2n) is 8.09. The number of carbonyl (C=O) groups excluding carboxylic acids is 1. The van der Waals surface area contributed by atoms with Crippen molar-refractivity contribution in [3.63, 3.8) is 0 Å². The molecular formula is C23H25F2N2O4S+. The molecule has 1 saturated heterocycles. The van der Waals surface area contributed by atoms with E-state index in [4.69, 9.17) is 4.74 Å². The summed E-state index contributed by atoms with van der Waals surface area (Å²) in [7, 11) is -4.20. The normalized spacial score (nSPS) is 21.4. The number of hydrogen-bond acceptors (Lipinski definition) is 4. The van der Waals surface area contributed by atoms with Gasteiger partial charge < -0.3 is 9.64 Å². The summed E-state index contributed by atoms with van der Waals surface area (Å²) >= 11 is 0. The molecule has 2 bridgehead atoms. The van der Waals surface area contributed by atoms with E-state index in [1.807, 2.05) is 0 Å². The summed E-state index contributed by atoms with van der Waals surface area (Å²) in [5.74, 6) is -0.0946. The van der Waals surface area contributed by atoms with Gasteiger partial charge in [-0.25, -0.2) is 8.78 Å². The van der Waals surface area contributed by atoms with Crippen LogP contribution < -0.4 is 4.74 Å². The van der Waals surface area contributed by atoms with Crippen LogP contribution in [0, 0.1) is 5.82 Å². The minimum absolute atomic E-state index is 0.0843. The summed E-state index contributed by atoms with van der Waals surface area (Å²) < 4.78 is 59.0. The zero-order chi connectivity index (χ0) is 22.9. The monoisotopic (exact) mass is 463 g/mol. The Kier molecular flexibility index (Phi) is 6.28. The van der Waals surface area contributed by atoms with Gasteiger partial charge in [0.25, 0.3) is 0 Å². The molecule has 1 fully saturated rings. The SMILES string of the molecule is C=[N+]([C@H]1CCCN2C(=O)CCOc3ccccc3-c3cc(ccc3F)C[C@@H]12)S(=O)(=O)CF. The van der Waals surface area contributed by atoms with E-state index in [9.17, 15) is 22.0 Å². The second-order valence-corrected chi connectivity index (χ2v) is 9.94. The predicted octanol–water partition coefficient (Wildman–Crippen LogP) is 3.15. The van der Waals surface area contributed by atoms with Gasteiger partial charge in [0.05, 0.1) is 19.1 Å². The van der Waals surface area contributed by atoms with Crippen LogP contribution in [0.15, 0.2) is 42.5 Å². The van der Waals surface area contributed by atoms with Crippen molar-refractivity contribution in [2.75, 3.05) is 19.2 Å². The fraction of sp³-hybridized carbons (Fsp3) is 0.391. The van der Waals surface area contributed by atoms with Crippen LogP contribution in [0.4, 0.5) is 8.78 Å². The maximum atomic E-state index is 14.8. The van der Waals surface area contributed by atoms with Crippen molar-refractivity contribution in [1.29, 1.82) is 0 Å². The molecule has 0 aromatic heterocycles. The molecule has 2 heterocycles. The van der Waals surface area contributed by atoms with Crippen molar-refractivity contribution in [3.8, 4) is 16.9 Å². The molecule has 2 aromatic carbocycles. The van der Waals surface area contributed by atoms with Gasteiger partial charge in [-0.15, -0.1) is 3.98 Å².